The van der Waals surface area contributed by atoms with E-state index in [0.717, 1.165) is 48.5 Å². The molecule has 7 heteroatoms. The van der Waals surface area contributed by atoms with Crippen molar-refractivity contribution < 1.29 is 4.79 Å². The third-order valence-electron chi connectivity index (χ3n) is 6.88. The molecule has 6 nitrogen and oxygen atoms in total. The summed E-state index contributed by atoms with van der Waals surface area (Å²) in [7, 11) is 0. The summed E-state index contributed by atoms with van der Waals surface area (Å²) in [6.45, 7) is 5.24. The molecule has 1 fully saturated rings. The van der Waals surface area contributed by atoms with Crippen LogP contribution in [0.4, 0.5) is 0 Å². The Morgan fingerprint density at radius 2 is 2.10 bits per heavy atom. The smallest absolute Gasteiger partial charge is 0.259 e. The van der Waals surface area contributed by atoms with E-state index in [0.29, 0.717) is 25.2 Å². The van der Waals surface area contributed by atoms with E-state index < -0.39 is 0 Å². The summed E-state index contributed by atoms with van der Waals surface area (Å²) in [5.74, 6) is 0.665. The molecule has 0 aromatic carbocycles. The quantitative estimate of drug-likeness (QED) is 0.477. The van der Waals surface area contributed by atoms with E-state index in [-0.39, 0.29) is 11.5 Å². The molecule has 0 bridgehead atoms. The van der Waals surface area contributed by atoms with Crippen molar-refractivity contribution in [3.63, 3.8) is 0 Å². The highest BCUT2D eigenvalue weighted by Gasteiger charge is 2.20. The van der Waals surface area contributed by atoms with Crippen LogP contribution in [0.15, 0.2) is 4.79 Å². The predicted molar refractivity (Wildman–Crippen MR) is 127 cm³/mol. The van der Waals surface area contributed by atoms with Crippen LogP contribution in [0.5, 0.6) is 0 Å². The van der Waals surface area contributed by atoms with Crippen LogP contribution in [0.2, 0.25) is 0 Å². The normalized spacial score (nSPS) is 19.8. The van der Waals surface area contributed by atoms with Crippen molar-refractivity contribution in [2.24, 2.45) is 0 Å². The van der Waals surface area contributed by atoms with Crippen molar-refractivity contribution in [3.8, 4) is 0 Å². The zero-order chi connectivity index (χ0) is 21.6. The zero-order valence-corrected chi connectivity index (χ0v) is 19.6. The first-order chi connectivity index (χ1) is 15.2. The lowest BCUT2D eigenvalue weighted by Crippen LogP contribution is -2.40. The number of carbonyl (C=O) groups excluding carboxylic acids is 1. The molecule has 2 aliphatic rings. The lowest BCUT2D eigenvalue weighted by molar-refractivity contribution is -0.121. The van der Waals surface area contributed by atoms with Gasteiger partial charge in [-0.25, -0.2) is 4.98 Å². The van der Waals surface area contributed by atoms with Crippen LogP contribution in [-0.4, -0.2) is 46.5 Å². The summed E-state index contributed by atoms with van der Waals surface area (Å²) in [4.78, 5) is 37.4. The maximum atomic E-state index is 12.7. The largest absolute Gasteiger partial charge is 0.356 e. The monoisotopic (exact) mass is 444 g/mol. The number of fused-ring (bicyclic) bond motifs is 3. The second-order valence-corrected chi connectivity index (χ2v) is 10.1. The van der Waals surface area contributed by atoms with E-state index in [2.05, 4.69) is 22.1 Å². The number of carbonyl (C=O) groups is 1. The van der Waals surface area contributed by atoms with Gasteiger partial charge in [0.05, 0.1) is 5.39 Å². The standard InChI is InChI=1S/C24H36N4O2S/c1-2-17-9-6-7-15-28(17)16-8-14-25-21(29)13-12-20-26-23(30)22-18-10-4-3-5-11-19(18)31-24(22)27-20/h17H,2-16H2,1H3,(H,25,29)(H,26,27,30)/t17-/m0/s1. The topological polar surface area (TPSA) is 78.1 Å². The van der Waals surface area contributed by atoms with E-state index in [1.165, 1.54) is 55.5 Å². The molecular formula is C24H36N4O2S. The average molecular weight is 445 g/mol. The number of aromatic amines is 1. The molecule has 31 heavy (non-hydrogen) atoms. The minimum absolute atomic E-state index is 0.0354. The number of amides is 1. The van der Waals surface area contributed by atoms with Gasteiger partial charge in [-0.1, -0.05) is 19.8 Å². The lowest BCUT2D eigenvalue weighted by Gasteiger charge is -2.35. The Morgan fingerprint density at radius 3 is 2.97 bits per heavy atom. The number of hydrogen-bond donors (Lipinski definition) is 2. The Labute approximate surface area is 188 Å². The summed E-state index contributed by atoms with van der Waals surface area (Å²) < 4.78 is 0. The fourth-order valence-corrected chi connectivity index (χ4v) is 6.43. The van der Waals surface area contributed by atoms with Gasteiger partial charge in [-0.2, -0.15) is 0 Å². The highest BCUT2D eigenvalue weighted by Crippen LogP contribution is 2.32. The van der Waals surface area contributed by atoms with Crippen molar-refractivity contribution in [2.75, 3.05) is 19.6 Å². The van der Waals surface area contributed by atoms with Gasteiger partial charge in [-0.15, -0.1) is 11.3 Å². The predicted octanol–water partition coefficient (Wildman–Crippen LogP) is 3.96. The van der Waals surface area contributed by atoms with Crippen LogP contribution >= 0.6 is 11.3 Å². The van der Waals surface area contributed by atoms with Crippen LogP contribution < -0.4 is 10.9 Å². The molecule has 2 aromatic rings. The van der Waals surface area contributed by atoms with Crippen molar-refractivity contribution in [2.45, 2.75) is 90.0 Å². The van der Waals surface area contributed by atoms with E-state index in [1.54, 1.807) is 11.3 Å². The number of aryl methyl sites for hydroxylation is 3. The SMILES string of the molecule is CC[C@H]1CCCCN1CCCNC(=O)CCc1nc2sc3c(c2c(=O)[nH]1)CCCCC3. The number of rotatable bonds is 8. The number of nitrogens with zero attached hydrogens (tertiary/aromatic N) is 2. The molecule has 4 rings (SSSR count). The van der Waals surface area contributed by atoms with Gasteiger partial charge < -0.3 is 15.2 Å². The lowest BCUT2D eigenvalue weighted by atomic mass is 10.00. The van der Waals surface area contributed by atoms with Gasteiger partial charge in [0.25, 0.3) is 5.56 Å². The van der Waals surface area contributed by atoms with E-state index in [4.69, 9.17) is 4.98 Å². The van der Waals surface area contributed by atoms with Crippen LogP contribution in [0.1, 0.15) is 81.0 Å². The molecule has 0 saturated carbocycles. The van der Waals surface area contributed by atoms with Gasteiger partial charge in [-0.3, -0.25) is 9.59 Å². The van der Waals surface area contributed by atoms with E-state index in [1.807, 2.05) is 0 Å². The number of likely N-dealkylation sites (tertiary alicyclic amines) is 1. The molecule has 0 spiro atoms. The Bertz CT molecular complexity index is 951. The van der Waals surface area contributed by atoms with Gasteiger partial charge in [0.2, 0.25) is 5.91 Å². The third-order valence-corrected chi connectivity index (χ3v) is 8.06. The average Bonchev–Trinajstić information content (AvgIpc) is 2.97. The molecular weight excluding hydrogens is 408 g/mol. The van der Waals surface area contributed by atoms with Gasteiger partial charge in [0, 0.05) is 36.9 Å². The third kappa shape index (κ3) is 5.55. The zero-order valence-electron chi connectivity index (χ0n) is 18.8. The molecule has 1 aliphatic heterocycles. The summed E-state index contributed by atoms with van der Waals surface area (Å²) in [6.07, 6.45) is 12.6. The summed E-state index contributed by atoms with van der Waals surface area (Å²) in [5.41, 5.74) is 1.18. The Kier molecular flexibility index (Phi) is 7.77. The van der Waals surface area contributed by atoms with E-state index in [9.17, 15) is 9.59 Å². The summed E-state index contributed by atoms with van der Waals surface area (Å²) in [6, 6.07) is 0.717. The number of hydrogen-bond acceptors (Lipinski definition) is 5. The first kappa shape index (κ1) is 22.5. The summed E-state index contributed by atoms with van der Waals surface area (Å²) >= 11 is 1.67. The highest BCUT2D eigenvalue weighted by molar-refractivity contribution is 7.18. The highest BCUT2D eigenvalue weighted by atomic mass is 32.1. The first-order valence-corrected chi connectivity index (χ1v) is 13.0. The number of piperidine rings is 1. The molecule has 170 valence electrons. The maximum Gasteiger partial charge on any atom is 0.259 e. The van der Waals surface area contributed by atoms with Crippen molar-refractivity contribution in [1.82, 2.24) is 20.2 Å². The minimum Gasteiger partial charge on any atom is -0.356 e. The molecule has 2 aromatic heterocycles. The first-order valence-electron chi connectivity index (χ1n) is 12.2. The Hall–Kier alpha value is -1.73. The van der Waals surface area contributed by atoms with Crippen LogP contribution in [0.25, 0.3) is 10.2 Å². The van der Waals surface area contributed by atoms with Crippen molar-refractivity contribution >= 4 is 27.5 Å². The number of H-pyrrole nitrogens is 1. The Balaban J connectivity index is 1.26. The molecule has 0 radical (unpaired) electrons. The molecule has 2 N–H and O–H groups in total. The van der Waals surface area contributed by atoms with Gasteiger partial charge >= 0.3 is 0 Å². The van der Waals surface area contributed by atoms with Crippen LogP contribution in [0.3, 0.4) is 0 Å². The van der Waals surface area contributed by atoms with E-state index >= 15 is 0 Å². The van der Waals surface area contributed by atoms with Gasteiger partial charge in [-0.05, 0) is 63.5 Å². The molecule has 1 atom stereocenters. The van der Waals surface area contributed by atoms with Gasteiger partial charge in [0.15, 0.2) is 0 Å². The van der Waals surface area contributed by atoms with Crippen molar-refractivity contribution in [3.05, 3.63) is 26.6 Å². The molecule has 1 aliphatic carbocycles. The fraction of sp³-hybridized carbons (Fsp3) is 0.708. The number of aromatic nitrogens is 2. The molecule has 1 amide bonds. The van der Waals surface area contributed by atoms with Gasteiger partial charge in [0.1, 0.15) is 10.7 Å². The second-order valence-electron chi connectivity index (χ2n) is 9.05. The number of nitrogens with one attached hydrogen (secondary N) is 2. The summed E-state index contributed by atoms with van der Waals surface area (Å²) in [5, 5.41) is 3.83. The Morgan fingerprint density at radius 1 is 1.23 bits per heavy atom. The number of thiophene rings is 1. The van der Waals surface area contributed by atoms with Crippen molar-refractivity contribution in [1.29, 1.82) is 0 Å². The molecule has 0 unspecified atom stereocenters. The molecule has 3 heterocycles. The van der Waals surface area contributed by atoms with Crippen LogP contribution in [0, 0.1) is 0 Å². The second kappa shape index (κ2) is 10.7. The maximum absolute atomic E-state index is 12.7. The van der Waals surface area contributed by atoms with Crippen LogP contribution in [-0.2, 0) is 24.1 Å². The minimum atomic E-state index is -0.0354. The molecule has 1 saturated heterocycles. The fourth-order valence-electron chi connectivity index (χ4n) is 5.15.